The van der Waals surface area contributed by atoms with Crippen LogP contribution in [0.2, 0.25) is 0 Å². The summed E-state index contributed by atoms with van der Waals surface area (Å²) >= 11 is 0. The molecule has 0 unspecified atom stereocenters. The third-order valence-electron chi connectivity index (χ3n) is 4.64. The number of amides is 1. The first-order valence-electron chi connectivity index (χ1n) is 9.29. The molecule has 152 valence electrons. The van der Waals surface area contributed by atoms with Crippen LogP contribution in [0.15, 0.2) is 41.3 Å². The second kappa shape index (κ2) is 9.21. The molecule has 1 N–H and O–H groups in total. The number of hydrogen-bond acceptors (Lipinski definition) is 4. The maximum absolute atomic E-state index is 12.6. The number of ether oxygens (including phenoxy) is 1. The summed E-state index contributed by atoms with van der Waals surface area (Å²) in [5.74, 6) is 0.205. The highest BCUT2D eigenvalue weighted by Gasteiger charge is 2.22. The number of anilines is 1. The summed E-state index contributed by atoms with van der Waals surface area (Å²) in [4.78, 5) is 12.4. The molecule has 2 rings (SSSR count). The molecule has 0 aromatic heterocycles. The van der Waals surface area contributed by atoms with Gasteiger partial charge >= 0.3 is 0 Å². The first kappa shape index (κ1) is 21.9. The van der Waals surface area contributed by atoms with E-state index in [1.807, 2.05) is 32.0 Å². The van der Waals surface area contributed by atoms with Crippen LogP contribution in [-0.2, 0) is 14.8 Å². The number of rotatable bonds is 8. The lowest BCUT2D eigenvalue weighted by molar-refractivity contribution is -0.118. The summed E-state index contributed by atoms with van der Waals surface area (Å²) in [7, 11) is -3.52. The molecule has 0 saturated heterocycles. The van der Waals surface area contributed by atoms with E-state index < -0.39 is 10.0 Å². The normalized spacial score (nSPS) is 11.5. The molecule has 0 saturated carbocycles. The van der Waals surface area contributed by atoms with E-state index in [4.69, 9.17) is 4.74 Å². The second-order valence-corrected chi connectivity index (χ2v) is 8.59. The van der Waals surface area contributed by atoms with Gasteiger partial charge in [0.25, 0.3) is 5.91 Å². The molecule has 28 heavy (non-hydrogen) atoms. The predicted molar refractivity (Wildman–Crippen MR) is 111 cm³/mol. The van der Waals surface area contributed by atoms with Crippen LogP contribution in [0.4, 0.5) is 5.69 Å². The van der Waals surface area contributed by atoms with Crippen molar-refractivity contribution in [3.8, 4) is 5.75 Å². The summed E-state index contributed by atoms with van der Waals surface area (Å²) in [6, 6.07) is 10.4. The van der Waals surface area contributed by atoms with E-state index in [0.29, 0.717) is 30.1 Å². The van der Waals surface area contributed by atoms with Crippen LogP contribution in [0, 0.1) is 20.8 Å². The lowest BCUT2D eigenvalue weighted by Gasteiger charge is -2.19. The fourth-order valence-electron chi connectivity index (χ4n) is 2.82. The van der Waals surface area contributed by atoms with Crippen LogP contribution in [-0.4, -0.2) is 38.3 Å². The maximum Gasteiger partial charge on any atom is 0.262 e. The van der Waals surface area contributed by atoms with Gasteiger partial charge in [-0.15, -0.1) is 0 Å². The first-order chi connectivity index (χ1) is 13.2. The molecule has 0 aliphatic carbocycles. The van der Waals surface area contributed by atoms with Crippen molar-refractivity contribution in [2.24, 2.45) is 0 Å². The molecule has 1 amide bonds. The molecular formula is C21H28N2O4S. The SMILES string of the molecule is CCN(CC)S(=O)(=O)c1ccc(OCC(=O)Nc2ccc(C)c(C)c2)c(C)c1. The van der Waals surface area contributed by atoms with E-state index in [1.54, 1.807) is 32.9 Å². The Kier molecular flexibility index (Phi) is 7.21. The van der Waals surface area contributed by atoms with E-state index in [1.165, 1.54) is 10.4 Å². The van der Waals surface area contributed by atoms with Crippen LogP contribution in [0.1, 0.15) is 30.5 Å². The molecule has 2 aromatic carbocycles. The number of aryl methyl sites for hydroxylation is 3. The van der Waals surface area contributed by atoms with E-state index in [-0.39, 0.29) is 17.4 Å². The van der Waals surface area contributed by atoms with Crippen molar-refractivity contribution < 1.29 is 17.9 Å². The van der Waals surface area contributed by atoms with Crippen molar-refractivity contribution in [2.75, 3.05) is 25.0 Å². The monoisotopic (exact) mass is 404 g/mol. The summed E-state index contributed by atoms with van der Waals surface area (Å²) in [5.41, 5.74) is 3.63. The smallest absolute Gasteiger partial charge is 0.262 e. The summed E-state index contributed by atoms with van der Waals surface area (Å²) < 4.78 is 32.2. The molecule has 0 bridgehead atoms. The molecule has 7 heteroatoms. The third-order valence-corrected chi connectivity index (χ3v) is 6.68. The topological polar surface area (TPSA) is 75.7 Å². The van der Waals surface area contributed by atoms with Gasteiger partial charge in [-0.1, -0.05) is 19.9 Å². The van der Waals surface area contributed by atoms with Crippen LogP contribution in [0.25, 0.3) is 0 Å². The fraction of sp³-hybridized carbons (Fsp3) is 0.381. The zero-order valence-corrected chi connectivity index (χ0v) is 17.9. The Balaban J connectivity index is 2.05. The number of nitrogens with one attached hydrogen (secondary N) is 1. The van der Waals surface area contributed by atoms with Crippen LogP contribution in [0.3, 0.4) is 0 Å². The Bertz CT molecular complexity index is 951. The average molecular weight is 405 g/mol. The second-order valence-electron chi connectivity index (χ2n) is 6.65. The van der Waals surface area contributed by atoms with Gasteiger partial charge < -0.3 is 10.1 Å². The number of benzene rings is 2. The first-order valence-corrected chi connectivity index (χ1v) is 10.7. The quantitative estimate of drug-likeness (QED) is 0.728. The van der Waals surface area contributed by atoms with Gasteiger partial charge in [-0.25, -0.2) is 8.42 Å². The summed E-state index contributed by atoms with van der Waals surface area (Å²) in [6.07, 6.45) is 0. The van der Waals surface area contributed by atoms with Gasteiger partial charge in [0, 0.05) is 18.8 Å². The van der Waals surface area contributed by atoms with Crippen molar-refractivity contribution in [3.63, 3.8) is 0 Å². The Hall–Kier alpha value is -2.38. The van der Waals surface area contributed by atoms with E-state index >= 15 is 0 Å². The van der Waals surface area contributed by atoms with Gasteiger partial charge in [-0.2, -0.15) is 4.31 Å². The minimum Gasteiger partial charge on any atom is -0.483 e. The standard InChI is InChI=1S/C21H28N2O4S/c1-6-23(7-2)28(25,26)19-10-11-20(17(5)13-19)27-14-21(24)22-18-9-8-15(3)16(4)12-18/h8-13H,6-7,14H2,1-5H3,(H,22,24). The molecule has 6 nitrogen and oxygen atoms in total. The zero-order chi connectivity index (χ0) is 20.9. The van der Waals surface area contributed by atoms with Crippen molar-refractivity contribution in [1.29, 1.82) is 0 Å². The largest absolute Gasteiger partial charge is 0.483 e. The maximum atomic E-state index is 12.6. The molecule has 0 aliphatic rings. The van der Waals surface area contributed by atoms with Crippen molar-refractivity contribution in [1.82, 2.24) is 4.31 Å². The summed E-state index contributed by atoms with van der Waals surface area (Å²) in [6.45, 7) is 10.0. The van der Waals surface area contributed by atoms with E-state index in [9.17, 15) is 13.2 Å². The molecular weight excluding hydrogens is 376 g/mol. The van der Waals surface area contributed by atoms with Gasteiger partial charge in [0.2, 0.25) is 10.0 Å². The van der Waals surface area contributed by atoms with Crippen LogP contribution in [0.5, 0.6) is 5.75 Å². The van der Waals surface area contributed by atoms with Crippen molar-refractivity contribution in [2.45, 2.75) is 39.5 Å². The third kappa shape index (κ3) is 5.11. The minimum atomic E-state index is -3.52. The Morgan fingerprint density at radius 1 is 0.964 bits per heavy atom. The van der Waals surface area contributed by atoms with Crippen molar-refractivity contribution >= 4 is 21.6 Å². The van der Waals surface area contributed by atoms with Gasteiger partial charge in [0.15, 0.2) is 6.61 Å². The van der Waals surface area contributed by atoms with Gasteiger partial charge in [-0.05, 0) is 67.8 Å². The molecule has 2 aromatic rings. The molecule has 0 fully saturated rings. The number of hydrogen-bond donors (Lipinski definition) is 1. The van der Waals surface area contributed by atoms with E-state index in [2.05, 4.69) is 5.32 Å². The van der Waals surface area contributed by atoms with E-state index in [0.717, 1.165) is 11.1 Å². The van der Waals surface area contributed by atoms with Crippen LogP contribution >= 0.6 is 0 Å². The molecule has 0 radical (unpaired) electrons. The Morgan fingerprint density at radius 3 is 2.21 bits per heavy atom. The van der Waals surface area contributed by atoms with Crippen molar-refractivity contribution in [3.05, 3.63) is 53.1 Å². The molecule has 0 heterocycles. The van der Waals surface area contributed by atoms with Gasteiger partial charge in [0.1, 0.15) is 5.75 Å². The number of carbonyl (C=O) groups excluding carboxylic acids is 1. The van der Waals surface area contributed by atoms with Gasteiger partial charge in [0.05, 0.1) is 4.90 Å². The molecule has 0 atom stereocenters. The predicted octanol–water partition coefficient (Wildman–Crippen LogP) is 3.66. The average Bonchev–Trinajstić information content (AvgIpc) is 2.64. The Morgan fingerprint density at radius 2 is 1.64 bits per heavy atom. The highest BCUT2D eigenvalue weighted by Crippen LogP contribution is 2.24. The van der Waals surface area contributed by atoms with Gasteiger partial charge in [-0.3, -0.25) is 4.79 Å². The van der Waals surface area contributed by atoms with Crippen LogP contribution < -0.4 is 10.1 Å². The number of nitrogens with zero attached hydrogens (tertiary/aromatic N) is 1. The fourth-order valence-corrected chi connectivity index (χ4v) is 4.36. The highest BCUT2D eigenvalue weighted by atomic mass is 32.2. The lowest BCUT2D eigenvalue weighted by atomic mass is 10.1. The minimum absolute atomic E-state index is 0.157. The Labute approximate surface area is 167 Å². The zero-order valence-electron chi connectivity index (χ0n) is 17.1. The lowest BCUT2D eigenvalue weighted by Crippen LogP contribution is -2.30. The highest BCUT2D eigenvalue weighted by molar-refractivity contribution is 7.89. The summed E-state index contributed by atoms with van der Waals surface area (Å²) in [5, 5.41) is 2.80. The number of sulfonamides is 1. The number of carbonyl (C=O) groups is 1. The molecule has 0 spiro atoms. The molecule has 0 aliphatic heterocycles.